The highest BCUT2D eigenvalue weighted by molar-refractivity contribution is 7.10. The van der Waals surface area contributed by atoms with Crippen molar-refractivity contribution in [2.75, 3.05) is 13.7 Å². The van der Waals surface area contributed by atoms with E-state index in [-0.39, 0.29) is 24.5 Å². The molecule has 0 radical (unpaired) electrons. The van der Waals surface area contributed by atoms with Crippen LogP contribution in [0.5, 0.6) is 0 Å². The van der Waals surface area contributed by atoms with Crippen LogP contribution in [0.4, 0.5) is 0 Å². The maximum absolute atomic E-state index is 12.6. The highest BCUT2D eigenvalue weighted by Gasteiger charge is 2.37. The number of carbonyl (C=O) groups excluding carboxylic acids is 1. The molecule has 2 heterocycles. The minimum atomic E-state index is -0.886. The van der Waals surface area contributed by atoms with Crippen LogP contribution in [0.2, 0.25) is 0 Å². The number of likely N-dealkylation sites (tertiary alicyclic amines) is 1. The number of hydrogen-bond donors (Lipinski definition) is 1. The Kier molecular flexibility index (Phi) is 4.45. The minimum Gasteiger partial charge on any atom is -0.481 e. The zero-order valence-electron chi connectivity index (χ0n) is 11.9. The third-order valence-electron chi connectivity index (χ3n) is 3.90. The Bertz CT molecular complexity index is 525. The fraction of sp³-hybridized carbons (Fsp3) is 0.571. The molecule has 6 heteroatoms. The summed E-state index contributed by atoms with van der Waals surface area (Å²) in [6.45, 7) is 4.37. The van der Waals surface area contributed by atoms with Gasteiger partial charge in [-0.3, -0.25) is 9.59 Å². The van der Waals surface area contributed by atoms with Crippen molar-refractivity contribution in [2.24, 2.45) is 0 Å². The maximum atomic E-state index is 12.6. The number of nitrogens with zero attached hydrogens (tertiary/aromatic N) is 1. The van der Waals surface area contributed by atoms with Crippen LogP contribution in [0.25, 0.3) is 0 Å². The van der Waals surface area contributed by atoms with Crippen molar-refractivity contribution in [3.05, 3.63) is 21.4 Å². The highest BCUT2D eigenvalue weighted by atomic mass is 32.1. The first-order chi connectivity index (χ1) is 9.43. The van der Waals surface area contributed by atoms with Gasteiger partial charge in [-0.2, -0.15) is 0 Å². The lowest BCUT2D eigenvalue weighted by molar-refractivity contribution is -0.137. The molecule has 1 saturated heterocycles. The first-order valence-corrected chi connectivity index (χ1v) is 7.42. The molecule has 2 atom stereocenters. The molecule has 1 aliphatic rings. The topological polar surface area (TPSA) is 66.8 Å². The van der Waals surface area contributed by atoms with Gasteiger partial charge in [-0.1, -0.05) is 0 Å². The Morgan fingerprint density at radius 1 is 1.50 bits per heavy atom. The largest absolute Gasteiger partial charge is 0.481 e. The second-order valence-electron chi connectivity index (χ2n) is 5.13. The number of hydrogen-bond acceptors (Lipinski definition) is 4. The molecule has 110 valence electrons. The van der Waals surface area contributed by atoms with Crippen LogP contribution in [0, 0.1) is 13.8 Å². The van der Waals surface area contributed by atoms with Crippen LogP contribution in [-0.2, 0) is 9.53 Å². The van der Waals surface area contributed by atoms with Gasteiger partial charge >= 0.3 is 5.97 Å². The zero-order chi connectivity index (χ0) is 14.9. The van der Waals surface area contributed by atoms with Gasteiger partial charge in [0.05, 0.1) is 18.1 Å². The van der Waals surface area contributed by atoms with E-state index in [1.165, 1.54) is 0 Å². The van der Waals surface area contributed by atoms with Gasteiger partial charge in [0.25, 0.3) is 5.91 Å². The van der Waals surface area contributed by atoms with E-state index in [4.69, 9.17) is 9.84 Å². The Morgan fingerprint density at radius 3 is 2.70 bits per heavy atom. The third kappa shape index (κ3) is 2.86. The van der Waals surface area contributed by atoms with Crippen LogP contribution in [-0.4, -0.2) is 47.7 Å². The van der Waals surface area contributed by atoms with Gasteiger partial charge in [0.2, 0.25) is 0 Å². The van der Waals surface area contributed by atoms with E-state index in [1.807, 2.05) is 19.2 Å². The van der Waals surface area contributed by atoms with Gasteiger partial charge in [-0.15, -0.1) is 11.3 Å². The molecule has 5 nitrogen and oxygen atoms in total. The molecule has 1 amide bonds. The van der Waals surface area contributed by atoms with Gasteiger partial charge in [-0.25, -0.2) is 0 Å². The van der Waals surface area contributed by atoms with E-state index in [9.17, 15) is 9.59 Å². The van der Waals surface area contributed by atoms with E-state index in [1.54, 1.807) is 23.3 Å². The smallest absolute Gasteiger partial charge is 0.305 e. The molecule has 1 aliphatic heterocycles. The maximum Gasteiger partial charge on any atom is 0.305 e. The Morgan fingerprint density at radius 2 is 2.20 bits per heavy atom. The number of carboxylic acids is 1. The van der Waals surface area contributed by atoms with Crippen LogP contribution in [0.15, 0.2) is 5.38 Å². The van der Waals surface area contributed by atoms with E-state index in [2.05, 4.69) is 0 Å². The van der Waals surface area contributed by atoms with Gasteiger partial charge in [-0.05, 0) is 25.8 Å². The van der Waals surface area contributed by atoms with Gasteiger partial charge in [0.15, 0.2) is 0 Å². The van der Waals surface area contributed by atoms with Crippen LogP contribution < -0.4 is 0 Å². The van der Waals surface area contributed by atoms with Crippen LogP contribution in [0.3, 0.4) is 0 Å². The number of rotatable bonds is 4. The number of aryl methyl sites for hydroxylation is 1. The van der Waals surface area contributed by atoms with Crippen LogP contribution >= 0.6 is 11.3 Å². The average Bonchev–Trinajstić information content (AvgIpc) is 2.93. The average molecular weight is 297 g/mol. The van der Waals surface area contributed by atoms with Crippen molar-refractivity contribution in [1.29, 1.82) is 0 Å². The fourth-order valence-electron chi connectivity index (χ4n) is 2.57. The quantitative estimate of drug-likeness (QED) is 0.924. The number of amides is 1. The molecule has 0 saturated carbocycles. The Labute approximate surface area is 122 Å². The SMILES string of the molecule is CO[C@H]1C[C@H](CC(=O)O)N(C(=O)c2csc(C)c2C)C1. The third-order valence-corrected chi connectivity index (χ3v) is 4.91. The summed E-state index contributed by atoms with van der Waals surface area (Å²) in [4.78, 5) is 26.3. The van der Waals surface area contributed by atoms with Gasteiger partial charge < -0.3 is 14.7 Å². The molecule has 0 aromatic carbocycles. The van der Waals surface area contributed by atoms with Crippen molar-refractivity contribution in [1.82, 2.24) is 4.90 Å². The molecule has 2 rings (SSSR count). The Hall–Kier alpha value is -1.40. The highest BCUT2D eigenvalue weighted by Crippen LogP contribution is 2.28. The lowest BCUT2D eigenvalue weighted by Gasteiger charge is -2.23. The first-order valence-electron chi connectivity index (χ1n) is 6.54. The minimum absolute atomic E-state index is 0.0340. The summed E-state index contributed by atoms with van der Waals surface area (Å²) in [5, 5.41) is 10.8. The zero-order valence-corrected chi connectivity index (χ0v) is 12.7. The van der Waals surface area contributed by atoms with Crippen molar-refractivity contribution in [3.63, 3.8) is 0 Å². The van der Waals surface area contributed by atoms with Crippen molar-refractivity contribution in [3.8, 4) is 0 Å². The molecule has 1 N–H and O–H groups in total. The summed E-state index contributed by atoms with van der Waals surface area (Å²) in [6, 6.07) is -0.287. The van der Waals surface area contributed by atoms with E-state index in [0.717, 1.165) is 10.4 Å². The standard InChI is InChI=1S/C14H19NO4S/c1-8-9(2)20-7-12(8)14(18)15-6-11(19-3)4-10(15)5-13(16)17/h7,10-11H,4-6H2,1-3H3,(H,16,17)/t10-,11+/m1/s1. The second-order valence-corrected chi connectivity index (χ2v) is 6.22. The monoisotopic (exact) mass is 297 g/mol. The number of ether oxygens (including phenoxy) is 1. The van der Waals surface area contributed by atoms with Crippen molar-refractivity contribution < 1.29 is 19.4 Å². The number of carboxylic acid groups (broad SMARTS) is 1. The van der Waals surface area contributed by atoms with Crippen molar-refractivity contribution in [2.45, 2.75) is 38.8 Å². The molecule has 20 heavy (non-hydrogen) atoms. The van der Waals surface area contributed by atoms with E-state index < -0.39 is 5.97 Å². The van der Waals surface area contributed by atoms with Crippen LogP contribution in [0.1, 0.15) is 33.6 Å². The molecule has 0 bridgehead atoms. The lowest BCUT2D eigenvalue weighted by atomic mass is 10.1. The van der Waals surface area contributed by atoms with Gasteiger partial charge in [0, 0.05) is 30.0 Å². The lowest BCUT2D eigenvalue weighted by Crippen LogP contribution is -2.37. The Balaban J connectivity index is 2.22. The number of aliphatic carboxylic acids is 1. The predicted molar refractivity (Wildman–Crippen MR) is 76.3 cm³/mol. The number of carbonyl (C=O) groups is 2. The summed E-state index contributed by atoms with van der Waals surface area (Å²) < 4.78 is 5.29. The number of thiophene rings is 1. The molecule has 0 spiro atoms. The molecule has 0 unspecified atom stereocenters. The van der Waals surface area contributed by atoms with E-state index >= 15 is 0 Å². The summed E-state index contributed by atoms with van der Waals surface area (Å²) >= 11 is 1.54. The molecule has 1 aromatic rings. The second kappa shape index (κ2) is 5.93. The normalized spacial score (nSPS) is 22.2. The molecule has 1 fully saturated rings. The van der Waals surface area contributed by atoms with E-state index in [0.29, 0.717) is 18.5 Å². The summed E-state index contributed by atoms with van der Waals surface area (Å²) in [6.07, 6.45) is 0.466. The molecule has 1 aromatic heterocycles. The number of methoxy groups -OCH3 is 1. The van der Waals surface area contributed by atoms with Gasteiger partial charge in [0.1, 0.15) is 0 Å². The predicted octanol–water partition coefficient (Wildman–Crippen LogP) is 2.07. The summed E-state index contributed by atoms with van der Waals surface area (Å²) in [5.74, 6) is -0.972. The fourth-order valence-corrected chi connectivity index (χ4v) is 3.43. The summed E-state index contributed by atoms with van der Waals surface area (Å²) in [5.41, 5.74) is 1.66. The summed E-state index contributed by atoms with van der Waals surface area (Å²) in [7, 11) is 1.59. The molecular weight excluding hydrogens is 278 g/mol. The van der Waals surface area contributed by atoms with Crippen molar-refractivity contribution >= 4 is 23.2 Å². The first kappa shape index (κ1) is 15.0. The molecular formula is C14H19NO4S. The molecule has 0 aliphatic carbocycles.